The van der Waals surface area contributed by atoms with Gasteiger partial charge >= 0.3 is 0 Å². The van der Waals surface area contributed by atoms with E-state index in [-0.39, 0.29) is 5.91 Å². The second kappa shape index (κ2) is 9.23. The number of halogens is 1. The van der Waals surface area contributed by atoms with E-state index in [1.54, 1.807) is 0 Å². The van der Waals surface area contributed by atoms with Gasteiger partial charge in [0.15, 0.2) is 5.17 Å². The molecule has 1 N–H and O–H groups in total. The third-order valence-corrected chi connectivity index (χ3v) is 7.84. The number of amidine groups is 1. The summed E-state index contributed by atoms with van der Waals surface area (Å²) in [6, 6.07) is 14.6. The van der Waals surface area contributed by atoms with Crippen LogP contribution in [0.2, 0.25) is 0 Å². The zero-order valence-electron chi connectivity index (χ0n) is 19.7. The molecule has 0 unspecified atom stereocenters. The largest absolute Gasteiger partial charge is 0.378 e. The Morgan fingerprint density at radius 2 is 1.67 bits per heavy atom. The van der Waals surface area contributed by atoms with Crippen molar-refractivity contribution < 1.29 is 4.79 Å². The minimum Gasteiger partial charge on any atom is -0.378 e. The molecule has 0 radical (unpaired) electrons. The summed E-state index contributed by atoms with van der Waals surface area (Å²) in [7, 11) is 4.07. The van der Waals surface area contributed by atoms with Crippen LogP contribution in [0.25, 0.3) is 11.8 Å². The minimum absolute atomic E-state index is 0.121. The van der Waals surface area contributed by atoms with Crippen molar-refractivity contribution in [2.75, 3.05) is 19.0 Å². The number of aryl methyl sites for hydroxylation is 3. The lowest BCUT2D eigenvalue weighted by atomic mass is 10.1. The molecule has 1 saturated heterocycles. The average molecular weight is 524 g/mol. The van der Waals surface area contributed by atoms with Crippen LogP contribution in [0.3, 0.4) is 0 Å². The first-order valence-corrected chi connectivity index (χ1v) is 12.3. The maximum atomic E-state index is 12.6. The lowest BCUT2D eigenvalue weighted by Crippen LogP contribution is -2.19. The van der Waals surface area contributed by atoms with Gasteiger partial charge in [0.2, 0.25) is 0 Å². The monoisotopic (exact) mass is 522 g/mol. The third kappa shape index (κ3) is 4.80. The van der Waals surface area contributed by atoms with E-state index in [4.69, 9.17) is 0 Å². The van der Waals surface area contributed by atoms with Gasteiger partial charge in [-0.3, -0.25) is 4.79 Å². The topological polar surface area (TPSA) is 49.6 Å². The highest BCUT2D eigenvalue weighted by Gasteiger charge is 2.25. The lowest BCUT2D eigenvalue weighted by molar-refractivity contribution is -0.115. The third-order valence-electron chi connectivity index (χ3n) is 5.68. The van der Waals surface area contributed by atoms with Gasteiger partial charge < -0.3 is 14.8 Å². The lowest BCUT2D eigenvalue weighted by Gasteiger charge is -2.14. The first-order valence-electron chi connectivity index (χ1n) is 10.7. The van der Waals surface area contributed by atoms with Crippen molar-refractivity contribution in [2.24, 2.45) is 4.99 Å². The number of nitrogens with zero attached hydrogens (tertiary/aromatic N) is 3. The van der Waals surface area contributed by atoms with Crippen molar-refractivity contribution in [1.29, 1.82) is 0 Å². The van der Waals surface area contributed by atoms with E-state index in [0.29, 0.717) is 10.1 Å². The predicted octanol–water partition coefficient (Wildman–Crippen LogP) is 6.43. The summed E-state index contributed by atoms with van der Waals surface area (Å²) >= 11 is 4.96. The van der Waals surface area contributed by atoms with Crippen LogP contribution in [0, 0.1) is 27.7 Å². The van der Waals surface area contributed by atoms with Crippen molar-refractivity contribution >= 4 is 56.2 Å². The van der Waals surface area contributed by atoms with Crippen LogP contribution in [-0.4, -0.2) is 29.7 Å². The van der Waals surface area contributed by atoms with E-state index in [0.717, 1.165) is 49.6 Å². The quantitative estimate of drug-likeness (QED) is 0.401. The number of aliphatic imine (C=N–C) groups is 1. The molecular weight excluding hydrogens is 496 g/mol. The molecule has 3 aromatic rings. The summed E-state index contributed by atoms with van der Waals surface area (Å²) < 4.78 is 3.30. The van der Waals surface area contributed by atoms with E-state index >= 15 is 0 Å². The molecule has 0 atom stereocenters. The Hall–Kier alpha value is -2.77. The van der Waals surface area contributed by atoms with Crippen LogP contribution in [0.4, 0.5) is 11.4 Å². The highest BCUT2D eigenvalue weighted by molar-refractivity contribution is 9.10. The number of nitrogens with one attached hydrogen (secondary N) is 1. The fourth-order valence-corrected chi connectivity index (χ4v) is 5.02. The molecule has 7 heteroatoms. The van der Waals surface area contributed by atoms with Crippen LogP contribution in [0.1, 0.15) is 28.1 Å². The molecule has 4 rings (SSSR count). The van der Waals surface area contributed by atoms with Crippen molar-refractivity contribution in [3.05, 3.63) is 79.9 Å². The highest BCUT2D eigenvalue weighted by atomic mass is 79.9. The summed E-state index contributed by atoms with van der Waals surface area (Å²) in [6.07, 6.45) is 1.95. The van der Waals surface area contributed by atoms with E-state index in [1.165, 1.54) is 11.8 Å². The maximum absolute atomic E-state index is 12.6. The van der Waals surface area contributed by atoms with Crippen molar-refractivity contribution in [3.63, 3.8) is 0 Å². The normalized spacial score (nSPS) is 16.0. The van der Waals surface area contributed by atoms with E-state index < -0.39 is 0 Å². The number of amides is 1. The first kappa shape index (κ1) is 23.4. The average Bonchev–Trinajstić information content (AvgIpc) is 3.24. The van der Waals surface area contributed by atoms with Crippen LogP contribution < -0.4 is 10.2 Å². The fraction of sp³-hybridized carbons (Fsp3) is 0.231. The number of hydrogen-bond donors (Lipinski definition) is 1. The molecule has 170 valence electrons. The minimum atomic E-state index is -0.121. The fourth-order valence-electron chi connectivity index (χ4n) is 3.96. The molecule has 2 aromatic carbocycles. The molecule has 1 aliphatic rings. The summed E-state index contributed by atoms with van der Waals surface area (Å²) in [5.41, 5.74) is 8.56. The number of hydrogen-bond acceptors (Lipinski definition) is 4. The van der Waals surface area contributed by atoms with Crippen LogP contribution >= 0.6 is 27.7 Å². The number of carbonyl (C=O) groups excluding carboxylic acids is 1. The second-order valence-corrected chi connectivity index (χ2v) is 10.3. The predicted molar refractivity (Wildman–Crippen MR) is 144 cm³/mol. The number of carbonyl (C=O) groups is 1. The second-order valence-electron chi connectivity index (χ2n) is 8.45. The Labute approximate surface area is 207 Å². The Balaban J connectivity index is 1.62. The number of benzene rings is 2. The molecule has 0 bridgehead atoms. The Bertz CT molecular complexity index is 1280. The summed E-state index contributed by atoms with van der Waals surface area (Å²) in [6.45, 7) is 8.24. The summed E-state index contributed by atoms with van der Waals surface area (Å²) in [5, 5.41) is 3.50. The molecule has 5 nitrogen and oxygen atoms in total. The molecule has 1 fully saturated rings. The molecule has 1 amide bonds. The van der Waals surface area contributed by atoms with Gasteiger partial charge in [-0.15, -0.1) is 0 Å². The molecule has 33 heavy (non-hydrogen) atoms. The molecule has 0 spiro atoms. The van der Waals surface area contributed by atoms with Gasteiger partial charge in [0.1, 0.15) is 0 Å². The Morgan fingerprint density at radius 3 is 2.27 bits per heavy atom. The van der Waals surface area contributed by atoms with Crippen LogP contribution in [0.5, 0.6) is 0 Å². The molecule has 0 aliphatic carbocycles. The van der Waals surface area contributed by atoms with Crippen molar-refractivity contribution in [2.45, 2.75) is 27.7 Å². The Morgan fingerprint density at radius 1 is 1.03 bits per heavy atom. The van der Waals surface area contributed by atoms with E-state index in [1.807, 2.05) is 46.2 Å². The molecular formula is C26H27BrN4OS. The summed E-state index contributed by atoms with van der Waals surface area (Å²) in [5.74, 6) is -0.121. The zero-order valence-corrected chi connectivity index (χ0v) is 22.1. The van der Waals surface area contributed by atoms with Crippen molar-refractivity contribution in [1.82, 2.24) is 9.88 Å². The van der Waals surface area contributed by atoms with Crippen molar-refractivity contribution in [3.8, 4) is 5.69 Å². The first-order chi connectivity index (χ1) is 15.6. The Kier molecular flexibility index (Phi) is 6.54. The van der Waals surface area contributed by atoms with Gasteiger partial charge in [0, 0.05) is 41.3 Å². The molecule has 1 aromatic heterocycles. The summed E-state index contributed by atoms with van der Waals surface area (Å²) in [4.78, 5) is 20.0. The smallest absolute Gasteiger partial charge is 0.264 e. The number of aromatic nitrogens is 1. The number of thioether (sulfide) groups is 1. The number of rotatable bonds is 4. The standard InChI is InChI=1S/C26H27BrN4OS/c1-15-11-20(12-16(2)24(15)27)28-26-29-25(32)23(33-26)14-19-13-17(3)31(18(19)4)22-9-7-21(8-10-22)30(5)6/h7-14H,1-6H3,(H,28,29,32)/b23-14-. The van der Waals surface area contributed by atoms with E-state index in [2.05, 4.69) is 79.9 Å². The van der Waals surface area contributed by atoms with E-state index in [9.17, 15) is 4.79 Å². The molecule has 2 heterocycles. The number of anilines is 1. The van der Waals surface area contributed by atoms with Crippen LogP contribution in [0.15, 0.2) is 56.8 Å². The van der Waals surface area contributed by atoms with Crippen LogP contribution in [-0.2, 0) is 4.79 Å². The SMILES string of the molecule is Cc1cc(N=C2NC(=O)/C(=C/c3cc(C)n(-c4ccc(N(C)C)cc4)c3C)S2)cc(C)c1Br. The van der Waals surface area contributed by atoms with Gasteiger partial charge in [-0.1, -0.05) is 15.9 Å². The van der Waals surface area contributed by atoms with Gasteiger partial charge in [-0.05, 0) is 105 Å². The molecule has 1 aliphatic heterocycles. The van der Waals surface area contributed by atoms with Gasteiger partial charge in [0.25, 0.3) is 5.91 Å². The van der Waals surface area contributed by atoms with Gasteiger partial charge in [-0.2, -0.15) is 0 Å². The van der Waals surface area contributed by atoms with Gasteiger partial charge in [-0.25, -0.2) is 4.99 Å². The zero-order chi connectivity index (χ0) is 23.9. The highest BCUT2D eigenvalue weighted by Crippen LogP contribution is 2.32. The molecule has 0 saturated carbocycles. The van der Waals surface area contributed by atoms with Gasteiger partial charge in [0.05, 0.1) is 10.6 Å². The maximum Gasteiger partial charge on any atom is 0.264 e.